The molecule has 1 atom stereocenters. The molecule has 3 heterocycles. The first-order valence-electron chi connectivity index (χ1n) is 9.16. The summed E-state index contributed by atoms with van der Waals surface area (Å²) in [7, 11) is 1.93. The lowest BCUT2D eigenvalue weighted by molar-refractivity contribution is -0.135. The van der Waals surface area contributed by atoms with E-state index < -0.39 is 0 Å². The monoisotopic (exact) mass is 330 g/mol. The molecule has 1 amide bonds. The van der Waals surface area contributed by atoms with Crippen LogP contribution in [0.2, 0.25) is 0 Å². The number of amides is 1. The number of nitrogens with zero attached hydrogens (tertiary/aromatic N) is 4. The van der Waals surface area contributed by atoms with E-state index in [1.54, 1.807) is 10.7 Å². The Kier molecular flexibility index (Phi) is 4.16. The molecule has 6 nitrogen and oxygen atoms in total. The van der Waals surface area contributed by atoms with E-state index in [0.29, 0.717) is 24.3 Å². The molecule has 6 heteroatoms. The molecule has 0 bridgehead atoms. The van der Waals surface area contributed by atoms with Crippen LogP contribution in [0.1, 0.15) is 43.7 Å². The van der Waals surface area contributed by atoms with Gasteiger partial charge in [0.2, 0.25) is 5.91 Å². The molecule has 1 aromatic heterocycles. The Morgan fingerprint density at radius 2 is 1.92 bits per heavy atom. The van der Waals surface area contributed by atoms with Crippen molar-refractivity contribution < 1.29 is 4.79 Å². The molecule has 1 unspecified atom stereocenters. The predicted octanol–water partition coefficient (Wildman–Crippen LogP) is 1.06. The average molecular weight is 330 g/mol. The van der Waals surface area contributed by atoms with Gasteiger partial charge in [-0.1, -0.05) is 0 Å². The molecule has 130 valence electrons. The lowest BCUT2D eigenvalue weighted by Gasteiger charge is -2.44. The van der Waals surface area contributed by atoms with Gasteiger partial charge < -0.3 is 9.80 Å². The van der Waals surface area contributed by atoms with Crippen LogP contribution in [0, 0.1) is 5.92 Å². The minimum Gasteiger partial charge on any atom is -0.341 e. The lowest BCUT2D eigenvalue weighted by Crippen LogP contribution is -2.55. The smallest absolute Gasteiger partial charge is 0.266 e. The van der Waals surface area contributed by atoms with E-state index in [1.807, 2.05) is 18.0 Å². The summed E-state index contributed by atoms with van der Waals surface area (Å²) >= 11 is 0. The molecule has 1 aliphatic carbocycles. The highest BCUT2D eigenvalue weighted by Gasteiger charge is 2.33. The summed E-state index contributed by atoms with van der Waals surface area (Å²) in [6.07, 6.45) is 5.22. The molecule has 1 aromatic rings. The molecule has 3 fully saturated rings. The van der Waals surface area contributed by atoms with Crippen molar-refractivity contribution in [2.24, 2.45) is 5.92 Å². The van der Waals surface area contributed by atoms with Gasteiger partial charge in [-0.2, -0.15) is 5.10 Å². The summed E-state index contributed by atoms with van der Waals surface area (Å²) in [4.78, 5) is 28.1. The van der Waals surface area contributed by atoms with E-state index in [4.69, 9.17) is 0 Å². The predicted molar refractivity (Wildman–Crippen MR) is 90.8 cm³/mol. The van der Waals surface area contributed by atoms with Gasteiger partial charge in [0.15, 0.2) is 0 Å². The molecular weight excluding hydrogens is 304 g/mol. The van der Waals surface area contributed by atoms with E-state index in [9.17, 15) is 9.59 Å². The summed E-state index contributed by atoms with van der Waals surface area (Å²) in [5.74, 6) is 1.35. The van der Waals surface area contributed by atoms with Crippen molar-refractivity contribution >= 4 is 5.91 Å². The van der Waals surface area contributed by atoms with Crippen molar-refractivity contribution in [3.05, 3.63) is 28.2 Å². The minimum atomic E-state index is 0.00969. The first kappa shape index (κ1) is 15.8. The number of likely N-dealkylation sites (tertiary alicyclic amines) is 2. The summed E-state index contributed by atoms with van der Waals surface area (Å²) < 4.78 is 1.66. The summed E-state index contributed by atoms with van der Waals surface area (Å²) in [6, 6.07) is 3.91. The van der Waals surface area contributed by atoms with Crippen molar-refractivity contribution in [2.45, 2.75) is 50.6 Å². The second kappa shape index (κ2) is 6.31. The number of likely N-dealkylation sites (N-methyl/N-ethyl adjacent to an activating group) is 1. The molecule has 1 saturated carbocycles. The third-order valence-corrected chi connectivity index (χ3v) is 5.68. The number of hydrogen-bond acceptors (Lipinski definition) is 4. The van der Waals surface area contributed by atoms with Gasteiger partial charge in [-0.15, -0.1) is 0 Å². The number of carbonyl (C=O) groups is 1. The Bertz CT molecular complexity index is 676. The fourth-order valence-electron chi connectivity index (χ4n) is 3.95. The van der Waals surface area contributed by atoms with Gasteiger partial charge in [0, 0.05) is 57.0 Å². The van der Waals surface area contributed by atoms with Gasteiger partial charge in [-0.3, -0.25) is 9.59 Å². The second-order valence-corrected chi connectivity index (χ2v) is 7.69. The number of hydrogen-bond donors (Lipinski definition) is 0. The maximum atomic E-state index is 12.0. The van der Waals surface area contributed by atoms with Crippen molar-refractivity contribution in [1.29, 1.82) is 0 Å². The highest BCUT2D eigenvalue weighted by molar-refractivity contribution is 5.76. The van der Waals surface area contributed by atoms with Gasteiger partial charge in [0.25, 0.3) is 5.56 Å². The van der Waals surface area contributed by atoms with Gasteiger partial charge in [-0.05, 0) is 31.7 Å². The molecule has 0 aromatic carbocycles. The zero-order valence-corrected chi connectivity index (χ0v) is 14.4. The topological polar surface area (TPSA) is 58.4 Å². The Hall–Kier alpha value is -1.69. The molecule has 4 rings (SSSR count). The van der Waals surface area contributed by atoms with Crippen LogP contribution in [0.3, 0.4) is 0 Å². The van der Waals surface area contributed by atoms with Crippen LogP contribution in [0.4, 0.5) is 0 Å². The van der Waals surface area contributed by atoms with Gasteiger partial charge in [0.1, 0.15) is 0 Å². The SMILES string of the molecule is CN1C(=O)CCCC1CN1CC(Cn2nc(C3CC3)ccc2=O)C1. The second-order valence-electron chi connectivity index (χ2n) is 7.69. The molecular formula is C18H26N4O2. The van der Waals surface area contributed by atoms with E-state index in [2.05, 4.69) is 10.00 Å². The molecule has 0 radical (unpaired) electrons. The Morgan fingerprint density at radius 3 is 2.67 bits per heavy atom. The quantitative estimate of drug-likeness (QED) is 0.810. The molecule has 2 saturated heterocycles. The Labute approximate surface area is 142 Å². The number of carbonyl (C=O) groups excluding carboxylic acids is 1. The Morgan fingerprint density at radius 1 is 1.12 bits per heavy atom. The van der Waals surface area contributed by atoms with E-state index in [-0.39, 0.29) is 11.5 Å². The third-order valence-electron chi connectivity index (χ3n) is 5.68. The van der Waals surface area contributed by atoms with Gasteiger partial charge in [-0.25, -0.2) is 4.68 Å². The standard InChI is InChI=1S/C18H26N4O2/c1-20-15(3-2-4-17(20)23)12-21-9-13(10-21)11-22-18(24)8-7-16(19-22)14-5-6-14/h7-8,13-15H,2-6,9-12H2,1H3. The summed E-state index contributed by atoms with van der Waals surface area (Å²) in [5.41, 5.74) is 1.09. The Balaban J connectivity index is 1.29. The molecule has 2 aliphatic heterocycles. The zero-order valence-electron chi connectivity index (χ0n) is 14.4. The third kappa shape index (κ3) is 3.24. The molecule has 24 heavy (non-hydrogen) atoms. The highest BCUT2D eigenvalue weighted by Crippen LogP contribution is 2.38. The van der Waals surface area contributed by atoms with Crippen LogP contribution in [0.25, 0.3) is 0 Å². The zero-order chi connectivity index (χ0) is 16.7. The van der Waals surface area contributed by atoms with Crippen LogP contribution in [-0.2, 0) is 11.3 Å². The number of rotatable bonds is 5. The van der Waals surface area contributed by atoms with Gasteiger partial charge in [0.05, 0.1) is 12.2 Å². The van der Waals surface area contributed by atoms with Crippen molar-refractivity contribution in [3.8, 4) is 0 Å². The molecule has 0 spiro atoms. The van der Waals surface area contributed by atoms with Crippen LogP contribution in [0.15, 0.2) is 16.9 Å². The van der Waals surface area contributed by atoms with Crippen LogP contribution >= 0.6 is 0 Å². The first-order valence-corrected chi connectivity index (χ1v) is 9.16. The van der Waals surface area contributed by atoms with E-state index in [0.717, 1.165) is 44.7 Å². The highest BCUT2D eigenvalue weighted by atomic mass is 16.2. The minimum absolute atomic E-state index is 0.00969. The molecule has 3 aliphatic rings. The maximum Gasteiger partial charge on any atom is 0.266 e. The van der Waals surface area contributed by atoms with E-state index in [1.165, 1.54) is 12.8 Å². The fourth-order valence-corrected chi connectivity index (χ4v) is 3.95. The van der Waals surface area contributed by atoms with E-state index >= 15 is 0 Å². The number of piperidine rings is 1. The van der Waals surface area contributed by atoms with Crippen LogP contribution in [-0.4, -0.2) is 58.2 Å². The number of aromatic nitrogens is 2. The molecule has 0 N–H and O–H groups in total. The van der Waals surface area contributed by atoms with Gasteiger partial charge >= 0.3 is 0 Å². The van der Waals surface area contributed by atoms with Crippen molar-refractivity contribution in [2.75, 3.05) is 26.7 Å². The van der Waals surface area contributed by atoms with Crippen molar-refractivity contribution in [3.63, 3.8) is 0 Å². The van der Waals surface area contributed by atoms with Crippen LogP contribution in [0.5, 0.6) is 0 Å². The normalized spacial score (nSPS) is 25.8. The first-order chi connectivity index (χ1) is 11.6. The average Bonchev–Trinajstić information content (AvgIpc) is 3.36. The van der Waals surface area contributed by atoms with Crippen LogP contribution < -0.4 is 5.56 Å². The maximum absolute atomic E-state index is 12.0. The lowest BCUT2D eigenvalue weighted by atomic mass is 9.96. The largest absolute Gasteiger partial charge is 0.341 e. The fraction of sp³-hybridized carbons (Fsp3) is 0.722. The van der Waals surface area contributed by atoms with Crippen molar-refractivity contribution in [1.82, 2.24) is 19.6 Å². The summed E-state index contributed by atoms with van der Waals surface area (Å²) in [5, 5.41) is 4.55. The summed E-state index contributed by atoms with van der Waals surface area (Å²) in [6.45, 7) is 3.68.